The second-order valence-corrected chi connectivity index (χ2v) is 9.80. The Labute approximate surface area is 203 Å². The standard InChI is InChI=1S/C21H35N5O3S.HI/c1-3-22-21(23-10-15-30(27,28)24-17-18-6-4-7-18)26-13-11-25(12-14-26)19-8-5-9-20(16-19)29-2;/h5,8-9,16,18,24H,3-4,6-7,10-15,17H2,1-2H3,(H,22,23);1H. The maximum absolute atomic E-state index is 12.2. The molecule has 0 aromatic heterocycles. The van der Waals surface area contributed by atoms with Crippen LogP contribution in [-0.2, 0) is 10.0 Å². The van der Waals surface area contributed by atoms with Gasteiger partial charge in [0, 0.05) is 51.0 Å². The summed E-state index contributed by atoms with van der Waals surface area (Å²) in [5.74, 6) is 2.19. The number of hydrogen-bond donors (Lipinski definition) is 2. The van der Waals surface area contributed by atoms with Gasteiger partial charge < -0.3 is 19.9 Å². The highest BCUT2D eigenvalue weighted by Crippen LogP contribution is 2.25. The van der Waals surface area contributed by atoms with Crippen molar-refractivity contribution in [2.75, 3.05) is 63.6 Å². The van der Waals surface area contributed by atoms with Gasteiger partial charge in [-0.2, -0.15) is 0 Å². The fraction of sp³-hybridized carbons (Fsp3) is 0.667. The Morgan fingerprint density at radius 3 is 2.58 bits per heavy atom. The molecule has 2 N–H and O–H groups in total. The summed E-state index contributed by atoms with van der Waals surface area (Å²) < 4.78 is 32.5. The lowest BCUT2D eigenvalue weighted by Crippen LogP contribution is -2.52. The number of anilines is 1. The third-order valence-electron chi connectivity index (χ3n) is 5.77. The molecule has 1 aromatic rings. The molecular weight excluding hydrogens is 529 g/mol. The van der Waals surface area contributed by atoms with Gasteiger partial charge in [-0.05, 0) is 37.8 Å². The van der Waals surface area contributed by atoms with Crippen molar-refractivity contribution in [3.63, 3.8) is 0 Å². The van der Waals surface area contributed by atoms with E-state index in [-0.39, 0.29) is 36.3 Å². The molecule has 1 saturated carbocycles. The number of guanidine groups is 1. The van der Waals surface area contributed by atoms with Crippen molar-refractivity contribution < 1.29 is 13.2 Å². The van der Waals surface area contributed by atoms with E-state index in [1.165, 1.54) is 6.42 Å². The second kappa shape index (κ2) is 12.7. The normalized spacial score (nSPS) is 17.7. The van der Waals surface area contributed by atoms with Crippen molar-refractivity contribution in [2.45, 2.75) is 26.2 Å². The van der Waals surface area contributed by atoms with Crippen LogP contribution in [-0.4, -0.2) is 78.0 Å². The first-order valence-electron chi connectivity index (χ1n) is 10.9. The molecule has 0 atom stereocenters. The molecule has 10 heteroatoms. The van der Waals surface area contributed by atoms with Crippen molar-refractivity contribution in [3.05, 3.63) is 24.3 Å². The van der Waals surface area contributed by atoms with Gasteiger partial charge in [-0.15, -0.1) is 24.0 Å². The van der Waals surface area contributed by atoms with Gasteiger partial charge >= 0.3 is 0 Å². The van der Waals surface area contributed by atoms with Crippen LogP contribution in [0.4, 0.5) is 5.69 Å². The summed E-state index contributed by atoms with van der Waals surface area (Å²) in [7, 11) is -1.59. The van der Waals surface area contributed by atoms with E-state index in [0.717, 1.165) is 63.0 Å². The number of halogens is 1. The Balaban J connectivity index is 0.00000341. The molecular formula is C21H36IN5O3S. The van der Waals surface area contributed by atoms with Gasteiger partial charge in [-0.1, -0.05) is 12.5 Å². The monoisotopic (exact) mass is 565 g/mol. The van der Waals surface area contributed by atoms with Crippen molar-refractivity contribution in [2.24, 2.45) is 10.9 Å². The third-order valence-corrected chi connectivity index (χ3v) is 7.10. The predicted octanol–water partition coefficient (Wildman–Crippen LogP) is 2.12. The molecule has 2 fully saturated rings. The largest absolute Gasteiger partial charge is 0.497 e. The highest BCUT2D eigenvalue weighted by atomic mass is 127. The van der Waals surface area contributed by atoms with E-state index < -0.39 is 10.0 Å². The van der Waals surface area contributed by atoms with Crippen LogP contribution in [0, 0.1) is 5.92 Å². The summed E-state index contributed by atoms with van der Waals surface area (Å²) in [6.07, 6.45) is 3.48. The summed E-state index contributed by atoms with van der Waals surface area (Å²) in [5, 5.41) is 3.30. The lowest BCUT2D eigenvalue weighted by Gasteiger charge is -2.37. The number of benzene rings is 1. The molecule has 31 heavy (non-hydrogen) atoms. The van der Waals surface area contributed by atoms with Gasteiger partial charge in [-0.3, -0.25) is 4.99 Å². The number of nitrogens with one attached hydrogen (secondary N) is 2. The zero-order valence-corrected chi connectivity index (χ0v) is 21.7. The van der Waals surface area contributed by atoms with E-state index in [1.807, 2.05) is 19.1 Å². The SMILES string of the molecule is CCNC(=NCCS(=O)(=O)NCC1CCC1)N1CCN(c2cccc(OC)c2)CC1.I. The van der Waals surface area contributed by atoms with Gasteiger partial charge in [0.25, 0.3) is 0 Å². The average Bonchev–Trinajstić information content (AvgIpc) is 2.72. The molecule has 0 radical (unpaired) electrons. The van der Waals surface area contributed by atoms with E-state index in [4.69, 9.17) is 4.74 Å². The van der Waals surface area contributed by atoms with E-state index in [9.17, 15) is 8.42 Å². The first-order valence-corrected chi connectivity index (χ1v) is 12.6. The number of hydrogen-bond acceptors (Lipinski definition) is 5. The van der Waals surface area contributed by atoms with E-state index in [0.29, 0.717) is 12.5 Å². The van der Waals surface area contributed by atoms with Crippen LogP contribution in [0.3, 0.4) is 0 Å². The lowest BCUT2D eigenvalue weighted by molar-refractivity contribution is 0.316. The van der Waals surface area contributed by atoms with Crippen LogP contribution in [0.5, 0.6) is 5.75 Å². The molecule has 0 unspecified atom stereocenters. The van der Waals surface area contributed by atoms with Gasteiger partial charge in [0.15, 0.2) is 5.96 Å². The summed E-state index contributed by atoms with van der Waals surface area (Å²) in [6, 6.07) is 8.10. The van der Waals surface area contributed by atoms with E-state index >= 15 is 0 Å². The maximum atomic E-state index is 12.2. The average molecular weight is 566 g/mol. The molecule has 3 rings (SSSR count). The predicted molar refractivity (Wildman–Crippen MR) is 137 cm³/mol. The van der Waals surface area contributed by atoms with Crippen LogP contribution >= 0.6 is 24.0 Å². The number of rotatable bonds is 9. The van der Waals surface area contributed by atoms with Crippen LogP contribution in [0.2, 0.25) is 0 Å². The third kappa shape index (κ3) is 7.98. The number of sulfonamides is 1. The molecule has 0 spiro atoms. The molecule has 2 aliphatic rings. The second-order valence-electron chi connectivity index (χ2n) is 7.88. The Morgan fingerprint density at radius 1 is 1.23 bits per heavy atom. The van der Waals surface area contributed by atoms with Gasteiger partial charge in [0.05, 0.1) is 19.4 Å². The number of piperazine rings is 1. The zero-order chi connectivity index (χ0) is 21.4. The minimum Gasteiger partial charge on any atom is -0.497 e. The molecule has 1 saturated heterocycles. The number of methoxy groups -OCH3 is 1. The van der Waals surface area contributed by atoms with Crippen LogP contribution in [0.15, 0.2) is 29.3 Å². The van der Waals surface area contributed by atoms with Gasteiger partial charge in [-0.25, -0.2) is 13.1 Å². The quantitative estimate of drug-likeness (QED) is 0.271. The number of nitrogens with zero attached hydrogens (tertiary/aromatic N) is 3. The Bertz CT molecular complexity index is 809. The van der Waals surface area contributed by atoms with Crippen LogP contribution < -0.4 is 19.7 Å². The summed E-state index contributed by atoms with van der Waals surface area (Å²) in [5.41, 5.74) is 1.15. The van der Waals surface area contributed by atoms with Crippen molar-refractivity contribution >= 4 is 45.6 Å². The molecule has 1 aliphatic carbocycles. The molecule has 0 amide bonds. The summed E-state index contributed by atoms with van der Waals surface area (Å²) >= 11 is 0. The Hall–Kier alpha value is -1.27. The minimum absolute atomic E-state index is 0. The lowest BCUT2D eigenvalue weighted by atomic mass is 9.86. The fourth-order valence-electron chi connectivity index (χ4n) is 3.70. The Morgan fingerprint density at radius 2 is 1.97 bits per heavy atom. The molecule has 176 valence electrons. The molecule has 8 nitrogen and oxygen atoms in total. The minimum atomic E-state index is -3.27. The zero-order valence-electron chi connectivity index (χ0n) is 18.5. The molecule has 0 bridgehead atoms. The van der Waals surface area contributed by atoms with Gasteiger partial charge in [0.2, 0.25) is 10.0 Å². The molecule has 1 aromatic carbocycles. The first-order chi connectivity index (χ1) is 14.5. The fourth-order valence-corrected chi connectivity index (χ4v) is 4.66. The molecule has 1 aliphatic heterocycles. The van der Waals surface area contributed by atoms with Gasteiger partial charge in [0.1, 0.15) is 5.75 Å². The summed E-state index contributed by atoms with van der Waals surface area (Å²) in [6.45, 7) is 7.01. The van der Waals surface area contributed by atoms with Crippen LogP contribution in [0.1, 0.15) is 26.2 Å². The summed E-state index contributed by atoms with van der Waals surface area (Å²) in [4.78, 5) is 9.12. The molecule has 1 heterocycles. The van der Waals surface area contributed by atoms with Crippen molar-refractivity contribution in [1.29, 1.82) is 0 Å². The number of aliphatic imine (C=N–C) groups is 1. The number of ether oxygens (including phenoxy) is 1. The highest BCUT2D eigenvalue weighted by molar-refractivity contribution is 14.0. The maximum Gasteiger partial charge on any atom is 0.213 e. The topological polar surface area (TPSA) is 86.3 Å². The van der Waals surface area contributed by atoms with Crippen LogP contribution in [0.25, 0.3) is 0 Å². The van der Waals surface area contributed by atoms with E-state index in [1.54, 1.807) is 7.11 Å². The Kier molecular flexibility index (Phi) is 10.6. The van der Waals surface area contributed by atoms with Crippen molar-refractivity contribution in [1.82, 2.24) is 14.9 Å². The van der Waals surface area contributed by atoms with E-state index in [2.05, 4.69) is 37.0 Å². The van der Waals surface area contributed by atoms with Crippen molar-refractivity contribution in [3.8, 4) is 5.75 Å². The highest BCUT2D eigenvalue weighted by Gasteiger charge is 2.22. The smallest absolute Gasteiger partial charge is 0.213 e. The first kappa shape index (κ1) is 26.0.